The number of piperidine rings is 1. The summed E-state index contributed by atoms with van der Waals surface area (Å²) in [5.41, 5.74) is 2.71. The lowest BCUT2D eigenvalue weighted by atomic mass is 10.0. The van der Waals surface area contributed by atoms with E-state index in [2.05, 4.69) is 31.9 Å². The molecule has 342 valence electrons. The van der Waals surface area contributed by atoms with Crippen LogP contribution in [-0.4, -0.2) is 142 Å². The predicted molar refractivity (Wildman–Crippen MR) is 240 cm³/mol. The molecule has 1 unspecified atom stereocenters. The SMILES string of the molecule is COc1cc(Nc2c(C#N)cnc3cc(OCCCN4CCN(C(=O)CCOCCOCCNc5cccc6c5C(=O)N(C5CCC(=O)NC5=O)C6=O)CC4)c(OC)cc23)c(Cl)cc1Cl. The molecule has 3 N–H and O–H groups in total. The monoisotopic (exact) mass is 930 g/mol. The number of carbonyl (C=O) groups is 5. The number of nitriles is 1. The maximum atomic E-state index is 13.3. The van der Waals surface area contributed by atoms with Crippen LogP contribution in [0.1, 0.15) is 52.0 Å². The van der Waals surface area contributed by atoms with Crippen molar-refractivity contribution in [1.29, 1.82) is 5.26 Å². The van der Waals surface area contributed by atoms with E-state index in [0.717, 1.165) is 31.0 Å². The zero-order valence-electron chi connectivity index (χ0n) is 35.9. The number of benzene rings is 3. The van der Waals surface area contributed by atoms with Crippen LogP contribution in [0, 0.1) is 11.3 Å². The Bertz CT molecular complexity index is 2510. The van der Waals surface area contributed by atoms with E-state index in [1.165, 1.54) is 13.3 Å². The number of amides is 5. The number of aromatic nitrogens is 1. The van der Waals surface area contributed by atoms with Crippen molar-refractivity contribution in [3.63, 3.8) is 0 Å². The van der Waals surface area contributed by atoms with Gasteiger partial charge in [-0.25, -0.2) is 0 Å². The second kappa shape index (κ2) is 21.6. The van der Waals surface area contributed by atoms with Crippen molar-refractivity contribution >= 4 is 80.7 Å². The van der Waals surface area contributed by atoms with Crippen LogP contribution >= 0.6 is 23.2 Å². The lowest BCUT2D eigenvalue weighted by molar-refractivity contribution is -0.136. The second-order valence-electron chi connectivity index (χ2n) is 15.3. The van der Waals surface area contributed by atoms with Crippen LogP contribution in [0.5, 0.6) is 17.2 Å². The Hall–Kier alpha value is -6.23. The summed E-state index contributed by atoms with van der Waals surface area (Å²) in [5.74, 6) is -0.791. The fourth-order valence-electron chi connectivity index (χ4n) is 7.86. The molecule has 2 fully saturated rings. The van der Waals surface area contributed by atoms with Crippen LogP contribution in [0.3, 0.4) is 0 Å². The van der Waals surface area contributed by atoms with Crippen LogP contribution in [-0.2, 0) is 23.9 Å². The number of hydrogen-bond donors (Lipinski definition) is 3. The zero-order chi connectivity index (χ0) is 46.0. The first-order chi connectivity index (χ1) is 31.5. The number of piperazine rings is 1. The highest BCUT2D eigenvalue weighted by Gasteiger charge is 2.45. The predicted octanol–water partition coefficient (Wildman–Crippen LogP) is 5.02. The summed E-state index contributed by atoms with van der Waals surface area (Å²) in [5, 5.41) is 19.8. The van der Waals surface area contributed by atoms with Gasteiger partial charge in [0, 0.05) is 75.1 Å². The highest BCUT2D eigenvalue weighted by molar-refractivity contribution is 6.37. The van der Waals surface area contributed by atoms with Gasteiger partial charge in [-0.15, -0.1) is 0 Å². The van der Waals surface area contributed by atoms with Gasteiger partial charge in [-0.3, -0.25) is 44.1 Å². The summed E-state index contributed by atoms with van der Waals surface area (Å²) >= 11 is 12.7. The molecular weight excluding hydrogens is 883 g/mol. The third-order valence-corrected chi connectivity index (χ3v) is 11.8. The number of nitrogens with zero attached hydrogens (tertiary/aromatic N) is 5. The third kappa shape index (κ3) is 10.8. The van der Waals surface area contributed by atoms with Crippen molar-refractivity contribution in [3.05, 3.63) is 75.4 Å². The molecular formula is C45H48Cl2N8O10. The van der Waals surface area contributed by atoms with Gasteiger partial charge in [0.1, 0.15) is 17.9 Å². The number of methoxy groups -OCH3 is 2. The normalized spacial score (nSPS) is 16.3. The Morgan fingerprint density at radius 1 is 0.892 bits per heavy atom. The van der Waals surface area contributed by atoms with Gasteiger partial charge in [0.2, 0.25) is 17.7 Å². The molecule has 2 saturated heterocycles. The molecule has 3 aliphatic heterocycles. The van der Waals surface area contributed by atoms with Crippen molar-refractivity contribution in [1.82, 2.24) is 25.0 Å². The minimum Gasteiger partial charge on any atom is -0.495 e. The van der Waals surface area contributed by atoms with Gasteiger partial charge in [-0.2, -0.15) is 5.26 Å². The maximum absolute atomic E-state index is 13.3. The number of carbonyl (C=O) groups excluding carboxylic acids is 5. The summed E-state index contributed by atoms with van der Waals surface area (Å²) < 4.78 is 28.5. The van der Waals surface area contributed by atoms with E-state index in [0.29, 0.717) is 107 Å². The second-order valence-corrected chi connectivity index (χ2v) is 16.1. The summed E-state index contributed by atoms with van der Waals surface area (Å²) in [4.78, 5) is 72.7. The van der Waals surface area contributed by atoms with Gasteiger partial charge in [0.15, 0.2) is 11.5 Å². The van der Waals surface area contributed by atoms with Crippen molar-refractivity contribution in [2.24, 2.45) is 0 Å². The highest BCUT2D eigenvalue weighted by atomic mass is 35.5. The van der Waals surface area contributed by atoms with E-state index < -0.39 is 29.7 Å². The average Bonchev–Trinajstić information content (AvgIpc) is 3.56. The molecule has 4 heterocycles. The fraction of sp³-hybridized carbons (Fsp3) is 0.400. The number of rotatable bonds is 20. The number of fused-ring (bicyclic) bond motifs is 2. The first-order valence-corrected chi connectivity index (χ1v) is 21.8. The highest BCUT2D eigenvalue weighted by Crippen LogP contribution is 2.41. The summed E-state index contributed by atoms with van der Waals surface area (Å²) in [6.45, 7) is 5.44. The number of halogens is 2. The number of ether oxygens (including phenoxy) is 5. The number of pyridine rings is 1. The Labute approximate surface area is 384 Å². The standard InChI is InChI=1S/C45H48Cl2N8O10/c1-61-36-24-34(30(46)22-31(36)47)51-42-27(25-48)26-50-33-23-38(37(62-2)21-29(33)42)65-16-4-11-53-12-14-54(15-13-53)40(57)9-17-63-19-20-64-18-10-49-32-6-3-5-28-41(32)45(60)55(44(28)59)35-7-8-39(56)52-43(35)58/h3,5-6,21-24,26,35,49H,4,7-20H2,1-2H3,(H,50,51)(H,52,56,58). The molecule has 1 atom stereocenters. The molecule has 7 rings (SSSR count). The van der Waals surface area contributed by atoms with Gasteiger partial charge in [0.25, 0.3) is 11.8 Å². The van der Waals surface area contributed by atoms with Crippen molar-refractivity contribution in [2.45, 2.75) is 31.7 Å². The Morgan fingerprint density at radius 2 is 1.66 bits per heavy atom. The van der Waals surface area contributed by atoms with E-state index >= 15 is 0 Å². The van der Waals surface area contributed by atoms with Crippen LogP contribution in [0.15, 0.2) is 48.7 Å². The van der Waals surface area contributed by atoms with Crippen LogP contribution in [0.2, 0.25) is 10.0 Å². The van der Waals surface area contributed by atoms with E-state index in [4.69, 9.17) is 46.9 Å². The molecule has 65 heavy (non-hydrogen) atoms. The molecule has 1 aromatic heterocycles. The van der Waals surface area contributed by atoms with Gasteiger partial charge < -0.3 is 39.2 Å². The number of nitrogens with one attached hydrogen (secondary N) is 3. The minimum absolute atomic E-state index is 0.0333. The van der Waals surface area contributed by atoms with Crippen molar-refractivity contribution in [3.8, 4) is 23.3 Å². The summed E-state index contributed by atoms with van der Waals surface area (Å²) in [6.07, 6.45) is 2.62. The molecule has 3 aliphatic rings. The quantitative estimate of drug-likeness (QED) is 0.0784. The smallest absolute Gasteiger partial charge is 0.264 e. The van der Waals surface area contributed by atoms with Crippen LogP contribution < -0.4 is 30.2 Å². The van der Waals surface area contributed by atoms with Crippen LogP contribution in [0.4, 0.5) is 17.1 Å². The molecule has 0 radical (unpaired) electrons. The van der Waals surface area contributed by atoms with E-state index in [1.54, 1.807) is 49.6 Å². The first-order valence-electron chi connectivity index (χ1n) is 21.1. The minimum atomic E-state index is -1.04. The molecule has 0 bridgehead atoms. The van der Waals surface area contributed by atoms with Gasteiger partial charge in [0.05, 0.1) is 97.3 Å². The molecule has 0 saturated carbocycles. The summed E-state index contributed by atoms with van der Waals surface area (Å²) in [7, 11) is 3.05. The zero-order valence-corrected chi connectivity index (χ0v) is 37.4. The van der Waals surface area contributed by atoms with Gasteiger partial charge in [-0.05, 0) is 37.1 Å². The molecule has 5 amide bonds. The lowest BCUT2D eigenvalue weighted by Crippen LogP contribution is -2.54. The van der Waals surface area contributed by atoms with Gasteiger partial charge in [-0.1, -0.05) is 29.3 Å². The number of imide groups is 2. The van der Waals surface area contributed by atoms with E-state index in [9.17, 15) is 29.2 Å². The average molecular weight is 932 g/mol. The summed E-state index contributed by atoms with van der Waals surface area (Å²) in [6, 6.07) is 12.8. The third-order valence-electron chi connectivity index (χ3n) is 11.2. The number of anilines is 3. The van der Waals surface area contributed by atoms with Crippen LogP contribution in [0.25, 0.3) is 10.9 Å². The fourth-order valence-corrected chi connectivity index (χ4v) is 8.37. The van der Waals surface area contributed by atoms with Gasteiger partial charge >= 0.3 is 0 Å². The molecule has 4 aromatic rings. The molecule has 18 nitrogen and oxygen atoms in total. The Kier molecular flexibility index (Phi) is 15.6. The van der Waals surface area contributed by atoms with E-state index in [1.807, 2.05) is 4.90 Å². The molecule has 20 heteroatoms. The molecule has 0 spiro atoms. The largest absolute Gasteiger partial charge is 0.495 e. The lowest BCUT2D eigenvalue weighted by Gasteiger charge is -2.34. The van der Waals surface area contributed by atoms with Crippen molar-refractivity contribution in [2.75, 3.05) is 97.2 Å². The Morgan fingerprint density at radius 3 is 2.40 bits per heavy atom. The maximum Gasteiger partial charge on any atom is 0.264 e. The van der Waals surface area contributed by atoms with Crippen molar-refractivity contribution < 1.29 is 47.7 Å². The topological polar surface area (TPSA) is 214 Å². The molecule has 0 aliphatic carbocycles. The Balaban J connectivity index is 0.774. The van der Waals surface area contributed by atoms with E-state index in [-0.39, 0.29) is 42.9 Å². The molecule has 3 aromatic carbocycles. The number of hydrogen-bond acceptors (Lipinski definition) is 15. The first kappa shape index (κ1) is 46.8.